The molecule has 2 aromatic rings. The van der Waals surface area contributed by atoms with Gasteiger partial charge < -0.3 is 4.74 Å². The summed E-state index contributed by atoms with van der Waals surface area (Å²) in [6, 6.07) is 14.0. The highest BCUT2D eigenvalue weighted by Crippen LogP contribution is 2.20. The van der Waals surface area contributed by atoms with E-state index in [0.29, 0.717) is 42.7 Å². The molecule has 1 saturated heterocycles. The van der Waals surface area contributed by atoms with Crippen molar-refractivity contribution >= 4 is 37.6 Å². The Morgan fingerprint density at radius 3 is 2.19 bits per heavy atom. The predicted octanol–water partition coefficient (Wildman–Crippen LogP) is 3.49. The van der Waals surface area contributed by atoms with E-state index in [1.54, 1.807) is 40.7 Å². The fourth-order valence-electron chi connectivity index (χ4n) is 2.77. The Kier molecular flexibility index (Phi) is 6.58. The van der Waals surface area contributed by atoms with E-state index in [1.807, 2.05) is 12.1 Å². The van der Waals surface area contributed by atoms with Crippen LogP contribution in [0.2, 0.25) is 5.02 Å². The first-order valence-electron chi connectivity index (χ1n) is 8.31. The molecule has 0 N–H and O–H groups in total. The Morgan fingerprint density at radius 1 is 0.962 bits per heavy atom. The van der Waals surface area contributed by atoms with Crippen LogP contribution in [0.25, 0.3) is 0 Å². The normalized spacial score (nSPS) is 16.5. The third-order valence-electron chi connectivity index (χ3n) is 4.27. The van der Waals surface area contributed by atoms with E-state index in [1.165, 1.54) is 0 Å². The molecule has 1 aliphatic heterocycles. The number of hydrogen-bond acceptors (Lipinski definition) is 4. The molecule has 0 aromatic heterocycles. The molecule has 1 fully saturated rings. The molecule has 0 atom stereocenters. The standard InChI is InChI=1S/C18H20BrClN2O3S/c19-15-1-7-18(8-2-15)26(23,24)22-11-9-21(10-12-22)13-14-25-17-5-3-16(20)4-6-17/h1-8H,9-14H2. The maximum atomic E-state index is 12.7. The zero-order valence-electron chi connectivity index (χ0n) is 14.1. The first kappa shape index (κ1) is 19.6. The first-order chi connectivity index (χ1) is 12.4. The smallest absolute Gasteiger partial charge is 0.243 e. The highest BCUT2D eigenvalue weighted by molar-refractivity contribution is 9.10. The first-order valence-corrected chi connectivity index (χ1v) is 10.9. The van der Waals surface area contributed by atoms with E-state index in [-0.39, 0.29) is 0 Å². The fourth-order valence-corrected chi connectivity index (χ4v) is 4.59. The number of piperazine rings is 1. The summed E-state index contributed by atoms with van der Waals surface area (Å²) < 4.78 is 33.5. The molecule has 0 amide bonds. The minimum atomic E-state index is -3.43. The zero-order valence-corrected chi connectivity index (χ0v) is 17.3. The topological polar surface area (TPSA) is 49.9 Å². The van der Waals surface area contributed by atoms with Crippen LogP contribution in [-0.2, 0) is 10.0 Å². The quantitative estimate of drug-likeness (QED) is 0.663. The lowest BCUT2D eigenvalue weighted by molar-refractivity contribution is 0.159. The van der Waals surface area contributed by atoms with Crippen molar-refractivity contribution < 1.29 is 13.2 Å². The Bertz CT molecular complexity index is 821. The highest BCUT2D eigenvalue weighted by atomic mass is 79.9. The Hall–Kier alpha value is -1.12. The van der Waals surface area contributed by atoms with Crippen molar-refractivity contribution in [3.05, 3.63) is 58.0 Å². The van der Waals surface area contributed by atoms with E-state index >= 15 is 0 Å². The van der Waals surface area contributed by atoms with E-state index in [9.17, 15) is 8.42 Å². The minimum absolute atomic E-state index is 0.334. The maximum absolute atomic E-state index is 12.7. The number of sulfonamides is 1. The second-order valence-electron chi connectivity index (χ2n) is 6.00. The molecule has 5 nitrogen and oxygen atoms in total. The maximum Gasteiger partial charge on any atom is 0.243 e. The van der Waals surface area contributed by atoms with Crippen molar-refractivity contribution in [2.75, 3.05) is 39.3 Å². The van der Waals surface area contributed by atoms with E-state index in [2.05, 4.69) is 20.8 Å². The van der Waals surface area contributed by atoms with Crippen molar-refractivity contribution in [2.24, 2.45) is 0 Å². The van der Waals surface area contributed by atoms with Crippen LogP contribution in [0.3, 0.4) is 0 Å². The molecule has 0 aliphatic carbocycles. The summed E-state index contributed by atoms with van der Waals surface area (Å²) in [4.78, 5) is 2.55. The monoisotopic (exact) mass is 458 g/mol. The van der Waals surface area contributed by atoms with Gasteiger partial charge in [-0.25, -0.2) is 8.42 Å². The van der Waals surface area contributed by atoms with Crippen LogP contribution < -0.4 is 4.74 Å². The van der Waals surface area contributed by atoms with Crippen LogP contribution in [0, 0.1) is 0 Å². The van der Waals surface area contributed by atoms with E-state index in [4.69, 9.17) is 16.3 Å². The fraction of sp³-hybridized carbons (Fsp3) is 0.333. The number of nitrogens with zero attached hydrogens (tertiary/aromatic N) is 2. The Labute approximate surface area is 167 Å². The second kappa shape index (κ2) is 8.71. The number of rotatable bonds is 6. The molecule has 1 heterocycles. The van der Waals surface area contributed by atoms with Crippen LogP contribution >= 0.6 is 27.5 Å². The van der Waals surface area contributed by atoms with Gasteiger partial charge in [-0.2, -0.15) is 4.31 Å². The van der Waals surface area contributed by atoms with Gasteiger partial charge in [0, 0.05) is 42.2 Å². The lowest BCUT2D eigenvalue weighted by Gasteiger charge is -2.33. The molecule has 1 aliphatic rings. The molecule has 0 radical (unpaired) electrons. The minimum Gasteiger partial charge on any atom is -0.492 e. The Balaban J connectivity index is 1.47. The van der Waals surface area contributed by atoms with Crippen LogP contribution in [-0.4, -0.2) is 57.0 Å². The van der Waals surface area contributed by atoms with Gasteiger partial charge in [0.2, 0.25) is 10.0 Å². The van der Waals surface area contributed by atoms with Gasteiger partial charge in [-0.3, -0.25) is 4.90 Å². The number of hydrogen-bond donors (Lipinski definition) is 0. The summed E-state index contributed by atoms with van der Waals surface area (Å²) in [5, 5.41) is 0.681. The van der Waals surface area contributed by atoms with Gasteiger partial charge in [-0.15, -0.1) is 0 Å². The summed E-state index contributed by atoms with van der Waals surface area (Å²) in [5.41, 5.74) is 0. The van der Waals surface area contributed by atoms with Crippen molar-refractivity contribution in [1.82, 2.24) is 9.21 Å². The van der Waals surface area contributed by atoms with Gasteiger partial charge in [-0.1, -0.05) is 27.5 Å². The van der Waals surface area contributed by atoms with Gasteiger partial charge in [0.05, 0.1) is 4.90 Å². The predicted molar refractivity (Wildman–Crippen MR) is 106 cm³/mol. The molecule has 0 spiro atoms. The van der Waals surface area contributed by atoms with Crippen molar-refractivity contribution in [3.8, 4) is 5.75 Å². The van der Waals surface area contributed by atoms with Gasteiger partial charge in [0.15, 0.2) is 0 Å². The lowest BCUT2D eigenvalue weighted by Crippen LogP contribution is -2.49. The molecule has 8 heteroatoms. The lowest BCUT2D eigenvalue weighted by atomic mass is 10.3. The summed E-state index contributed by atoms with van der Waals surface area (Å²) in [7, 11) is -3.43. The van der Waals surface area contributed by atoms with Gasteiger partial charge in [0.1, 0.15) is 12.4 Å². The summed E-state index contributed by atoms with van der Waals surface area (Å²) in [6.45, 7) is 3.67. The molecule has 0 unspecified atom stereocenters. The molecule has 3 rings (SSSR count). The Morgan fingerprint density at radius 2 is 1.58 bits per heavy atom. The highest BCUT2D eigenvalue weighted by Gasteiger charge is 2.28. The number of benzene rings is 2. The van der Waals surface area contributed by atoms with E-state index < -0.39 is 10.0 Å². The molecular weight excluding hydrogens is 440 g/mol. The third kappa shape index (κ3) is 4.98. The van der Waals surface area contributed by atoms with Crippen LogP contribution in [0.15, 0.2) is 57.9 Å². The number of halogens is 2. The summed E-state index contributed by atoms with van der Waals surface area (Å²) >= 11 is 9.18. The van der Waals surface area contributed by atoms with Crippen LogP contribution in [0.4, 0.5) is 0 Å². The van der Waals surface area contributed by atoms with Crippen molar-refractivity contribution in [2.45, 2.75) is 4.90 Å². The molecular formula is C18H20BrClN2O3S. The van der Waals surface area contributed by atoms with Gasteiger partial charge in [0.25, 0.3) is 0 Å². The van der Waals surface area contributed by atoms with Gasteiger partial charge in [-0.05, 0) is 48.5 Å². The second-order valence-corrected chi connectivity index (χ2v) is 9.29. The van der Waals surface area contributed by atoms with Gasteiger partial charge >= 0.3 is 0 Å². The molecule has 0 bridgehead atoms. The number of ether oxygens (including phenoxy) is 1. The molecule has 26 heavy (non-hydrogen) atoms. The van der Waals surface area contributed by atoms with Crippen molar-refractivity contribution in [3.63, 3.8) is 0 Å². The average molecular weight is 460 g/mol. The SMILES string of the molecule is O=S(=O)(c1ccc(Br)cc1)N1CCN(CCOc2ccc(Cl)cc2)CC1. The summed E-state index contributed by atoms with van der Waals surface area (Å²) in [6.07, 6.45) is 0. The molecule has 0 saturated carbocycles. The zero-order chi connectivity index (χ0) is 18.6. The average Bonchev–Trinajstić information content (AvgIpc) is 2.64. The van der Waals surface area contributed by atoms with Crippen molar-refractivity contribution in [1.29, 1.82) is 0 Å². The third-order valence-corrected chi connectivity index (χ3v) is 6.97. The van der Waals surface area contributed by atoms with E-state index in [0.717, 1.165) is 16.8 Å². The summed E-state index contributed by atoms with van der Waals surface area (Å²) in [5.74, 6) is 0.783. The largest absolute Gasteiger partial charge is 0.492 e. The molecule has 140 valence electrons. The molecule has 2 aromatic carbocycles. The van der Waals surface area contributed by atoms with Crippen LogP contribution in [0.1, 0.15) is 0 Å². The van der Waals surface area contributed by atoms with Crippen LogP contribution in [0.5, 0.6) is 5.75 Å².